The molecule has 0 heterocycles. The van der Waals surface area contributed by atoms with Gasteiger partial charge >= 0.3 is 0 Å². The van der Waals surface area contributed by atoms with Crippen LogP contribution >= 0.6 is 12.4 Å². The van der Waals surface area contributed by atoms with Crippen molar-refractivity contribution in [2.24, 2.45) is 5.73 Å². The standard InChI is InChI=1S/C7H18N2.ClH/c1-3-9(4-2)7-5-6-8;/h3-8H2,1-2H3;1H. The third-order valence-electron chi connectivity index (χ3n) is 1.57. The lowest BCUT2D eigenvalue weighted by Gasteiger charge is -2.16. The van der Waals surface area contributed by atoms with Crippen LogP contribution in [0.5, 0.6) is 0 Å². The summed E-state index contributed by atoms with van der Waals surface area (Å²) in [7, 11) is 0. The molecule has 0 bridgehead atoms. The highest BCUT2D eigenvalue weighted by molar-refractivity contribution is 5.85. The molecular formula is C7H19ClN2. The normalized spacial score (nSPS) is 9.60. The Morgan fingerprint density at radius 3 is 2.00 bits per heavy atom. The largest absolute Gasteiger partial charge is 0.330 e. The molecule has 0 unspecified atom stereocenters. The molecule has 2 N–H and O–H groups in total. The first kappa shape index (κ1) is 12.8. The third kappa shape index (κ3) is 6.33. The molecule has 0 saturated carbocycles. The Hall–Kier alpha value is 0.210. The minimum absolute atomic E-state index is 0. The fourth-order valence-corrected chi connectivity index (χ4v) is 0.855. The molecule has 0 rings (SSSR count). The number of nitrogens with two attached hydrogens (primary N) is 1. The summed E-state index contributed by atoms with van der Waals surface area (Å²) in [5.74, 6) is 0. The molecular weight excluding hydrogens is 148 g/mol. The van der Waals surface area contributed by atoms with E-state index in [1.165, 1.54) is 0 Å². The van der Waals surface area contributed by atoms with E-state index < -0.39 is 0 Å². The van der Waals surface area contributed by atoms with E-state index in [4.69, 9.17) is 5.73 Å². The van der Waals surface area contributed by atoms with Crippen molar-refractivity contribution in [3.05, 3.63) is 0 Å². The zero-order chi connectivity index (χ0) is 7.11. The second-order valence-corrected chi connectivity index (χ2v) is 2.17. The Kier molecular flexibility index (Phi) is 11.8. The lowest BCUT2D eigenvalue weighted by Crippen LogP contribution is -2.25. The predicted octanol–water partition coefficient (Wildman–Crippen LogP) is 1.10. The summed E-state index contributed by atoms with van der Waals surface area (Å²) in [6.45, 7) is 8.63. The van der Waals surface area contributed by atoms with Crippen LogP contribution in [0.25, 0.3) is 0 Å². The maximum Gasteiger partial charge on any atom is -0.000695 e. The average Bonchev–Trinajstić information content (AvgIpc) is 1.91. The molecule has 0 fully saturated rings. The summed E-state index contributed by atoms with van der Waals surface area (Å²) in [6, 6.07) is 0. The smallest absolute Gasteiger partial charge is 0.000695 e. The van der Waals surface area contributed by atoms with Gasteiger partial charge in [0, 0.05) is 0 Å². The second-order valence-electron chi connectivity index (χ2n) is 2.17. The second kappa shape index (κ2) is 9.21. The van der Waals surface area contributed by atoms with Gasteiger partial charge in [-0.1, -0.05) is 13.8 Å². The van der Waals surface area contributed by atoms with Gasteiger partial charge in [0.05, 0.1) is 0 Å². The molecule has 0 aromatic carbocycles. The molecule has 0 aromatic heterocycles. The number of hydrogen-bond acceptors (Lipinski definition) is 2. The zero-order valence-corrected chi connectivity index (χ0v) is 7.78. The van der Waals surface area contributed by atoms with Gasteiger partial charge in [-0.2, -0.15) is 0 Å². The van der Waals surface area contributed by atoms with Gasteiger partial charge in [0.1, 0.15) is 0 Å². The van der Waals surface area contributed by atoms with Gasteiger partial charge in [0.2, 0.25) is 0 Å². The van der Waals surface area contributed by atoms with E-state index in [9.17, 15) is 0 Å². The SMILES string of the molecule is CCN(CC)CCCN.Cl. The fraction of sp³-hybridized carbons (Fsp3) is 1.00. The van der Waals surface area contributed by atoms with Crippen LogP contribution in [0.4, 0.5) is 0 Å². The summed E-state index contributed by atoms with van der Waals surface area (Å²) < 4.78 is 0. The molecule has 3 heteroatoms. The van der Waals surface area contributed by atoms with E-state index in [1.54, 1.807) is 0 Å². The molecule has 0 aliphatic carbocycles. The van der Waals surface area contributed by atoms with Crippen molar-refractivity contribution in [3.63, 3.8) is 0 Å². The number of nitrogens with zero attached hydrogens (tertiary/aromatic N) is 1. The molecule has 0 amide bonds. The third-order valence-corrected chi connectivity index (χ3v) is 1.57. The minimum atomic E-state index is 0. The minimum Gasteiger partial charge on any atom is -0.330 e. The van der Waals surface area contributed by atoms with E-state index in [0.29, 0.717) is 0 Å². The Labute approximate surface area is 70.2 Å². The first-order valence-corrected chi connectivity index (χ1v) is 3.77. The first-order chi connectivity index (χ1) is 4.35. The highest BCUT2D eigenvalue weighted by Gasteiger charge is 1.94. The van der Waals surface area contributed by atoms with Crippen LogP contribution in [0.1, 0.15) is 20.3 Å². The van der Waals surface area contributed by atoms with Crippen molar-refractivity contribution in [2.45, 2.75) is 20.3 Å². The van der Waals surface area contributed by atoms with Crippen molar-refractivity contribution in [2.75, 3.05) is 26.2 Å². The summed E-state index contributed by atoms with van der Waals surface area (Å²) in [4.78, 5) is 2.38. The summed E-state index contributed by atoms with van der Waals surface area (Å²) in [5, 5.41) is 0. The van der Waals surface area contributed by atoms with Gasteiger partial charge < -0.3 is 10.6 Å². The van der Waals surface area contributed by atoms with Crippen LogP contribution in [0.15, 0.2) is 0 Å². The van der Waals surface area contributed by atoms with Crippen molar-refractivity contribution in [1.29, 1.82) is 0 Å². The molecule has 0 spiro atoms. The lowest BCUT2D eigenvalue weighted by molar-refractivity contribution is 0.302. The summed E-state index contributed by atoms with van der Waals surface area (Å²) in [6.07, 6.45) is 1.13. The molecule has 0 aliphatic rings. The Bertz CT molecular complexity index is 55.6. The van der Waals surface area contributed by atoms with Crippen LogP contribution in [-0.4, -0.2) is 31.1 Å². The molecule has 0 aromatic rings. The van der Waals surface area contributed by atoms with Crippen LogP contribution < -0.4 is 5.73 Å². The van der Waals surface area contributed by atoms with Crippen molar-refractivity contribution < 1.29 is 0 Å². The Morgan fingerprint density at radius 2 is 1.70 bits per heavy atom. The average molecular weight is 167 g/mol. The van der Waals surface area contributed by atoms with Crippen molar-refractivity contribution >= 4 is 12.4 Å². The number of halogens is 1. The van der Waals surface area contributed by atoms with Crippen LogP contribution in [0.3, 0.4) is 0 Å². The van der Waals surface area contributed by atoms with Crippen LogP contribution in [0, 0.1) is 0 Å². The fourth-order valence-electron chi connectivity index (χ4n) is 0.855. The van der Waals surface area contributed by atoms with Gasteiger partial charge in [-0.15, -0.1) is 12.4 Å². The molecule has 64 valence electrons. The van der Waals surface area contributed by atoms with Gasteiger partial charge in [0.25, 0.3) is 0 Å². The van der Waals surface area contributed by atoms with Gasteiger partial charge in [-0.25, -0.2) is 0 Å². The van der Waals surface area contributed by atoms with E-state index in [2.05, 4.69) is 18.7 Å². The van der Waals surface area contributed by atoms with Crippen molar-refractivity contribution in [1.82, 2.24) is 4.90 Å². The van der Waals surface area contributed by atoms with E-state index in [0.717, 1.165) is 32.6 Å². The lowest BCUT2D eigenvalue weighted by atomic mass is 10.4. The maximum absolute atomic E-state index is 5.36. The number of rotatable bonds is 5. The van der Waals surface area contributed by atoms with Gasteiger partial charge in [-0.05, 0) is 32.6 Å². The highest BCUT2D eigenvalue weighted by Crippen LogP contribution is 1.87. The predicted molar refractivity (Wildman–Crippen MR) is 48.7 cm³/mol. The molecule has 2 nitrogen and oxygen atoms in total. The monoisotopic (exact) mass is 166 g/mol. The topological polar surface area (TPSA) is 29.3 Å². The molecule has 10 heavy (non-hydrogen) atoms. The Balaban J connectivity index is 0. The molecule has 0 atom stereocenters. The summed E-state index contributed by atoms with van der Waals surface area (Å²) >= 11 is 0. The van der Waals surface area contributed by atoms with E-state index >= 15 is 0 Å². The molecule has 0 aliphatic heterocycles. The van der Waals surface area contributed by atoms with Crippen LogP contribution in [-0.2, 0) is 0 Å². The van der Waals surface area contributed by atoms with E-state index in [-0.39, 0.29) is 12.4 Å². The zero-order valence-electron chi connectivity index (χ0n) is 6.97. The number of hydrogen-bond donors (Lipinski definition) is 1. The maximum atomic E-state index is 5.36. The summed E-state index contributed by atoms with van der Waals surface area (Å²) in [5.41, 5.74) is 5.36. The van der Waals surface area contributed by atoms with E-state index in [1.807, 2.05) is 0 Å². The quantitative estimate of drug-likeness (QED) is 0.663. The first-order valence-electron chi connectivity index (χ1n) is 3.77. The van der Waals surface area contributed by atoms with Gasteiger partial charge in [0.15, 0.2) is 0 Å². The Morgan fingerprint density at radius 1 is 1.20 bits per heavy atom. The molecule has 0 saturated heterocycles. The van der Waals surface area contributed by atoms with Crippen molar-refractivity contribution in [3.8, 4) is 0 Å². The van der Waals surface area contributed by atoms with Gasteiger partial charge in [-0.3, -0.25) is 0 Å². The van der Waals surface area contributed by atoms with Crippen LogP contribution in [0.2, 0.25) is 0 Å². The molecule has 0 radical (unpaired) electrons. The highest BCUT2D eigenvalue weighted by atomic mass is 35.5.